The second-order valence-corrected chi connectivity index (χ2v) is 18.4. The molecule has 1 saturated heterocycles. The number of rotatable bonds is 35. The summed E-state index contributed by atoms with van der Waals surface area (Å²) in [6.45, 7) is 32.5. The Morgan fingerprint density at radius 1 is 0.414 bits per heavy atom. The molecule has 18 heteroatoms. The highest BCUT2D eigenvalue weighted by molar-refractivity contribution is 5.88. The molecule has 0 aromatic carbocycles. The normalized spacial score (nSPS) is 16.9. The van der Waals surface area contributed by atoms with Crippen molar-refractivity contribution in [3.63, 3.8) is 0 Å². The van der Waals surface area contributed by atoms with Crippen molar-refractivity contribution in [2.45, 2.75) is 181 Å². The second-order valence-electron chi connectivity index (χ2n) is 18.4. The zero-order valence-electron chi connectivity index (χ0n) is 42.5. The second kappa shape index (κ2) is 33.8. The van der Waals surface area contributed by atoms with E-state index in [9.17, 15) is 38.4 Å². The minimum absolute atomic E-state index is 0.0233. The molecule has 0 N–H and O–H groups in total. The molecule has 1 aliphatic rings. The van der Waals surface area contributed by atoms with E-state index in [0.717, 1.165) is 12.8 Å². The Morgan fingerprint density at radius 2 is 0.700 bits per heavy atom. The molecule has 394 valence electrons. The number of hydrogen-bond donors (Lipinski definition) is 0. The van der Waals surface area contributed by atoms with Gasteiger partial charge < -0.3 is 47.4 Å². The van der Waals surface area contributed by atoms with E-state index in [1.54, 1.807) is 55.4 Å². The van der Waals surface area contributed by atoms with Crippen molar-refractivity contribution in [2.24, 2.45) is 23.7 Å². The van der Waals surface area contributed by atoms with Gasteiger partial charge in [-0.2, -0.15) is 0 Å². The van der Waals surface area contributed by atoms with Crippen molar-refractivity contribution in [3.8, 4) is 0 Å². The molecule has 9 atom stereocenters. The maximum absolute atomic E-state index is 13.8. The third-order valence-corrected chi connectivity index (χ3v) is 9.97. The summed E-state index contributed by atoms with van der Waals surface area (Å²) < 4.78 is 55.5. The van der Waals surface area contributed by atoms with Crippen molar-refractivity contribution < 1.29 is 85.7 Å². The van der Waals surface area contributed by atoms with Crippen LogP contribution < -0.4 is 0 Å². The lowest BCUT2D eigenvalue weighted by Crippen LogP contribution is -2.43. The van der Waals surface area contributed by atoms with Crippen LogP contribution in [0.4, 0.5) is 0 Å². The Hall–Kier alpha value is -5.62. The van der Waals surface area contributed by atoms with E-state index >= 15 is 0 Å². The first-order chi connectivity index (χ1) is 33.1. The van der Waals surface area contributed by atoms with E-state index in [0.29, 0.717) is 13.0 Å². The molecule has 0 saturated carbocycles. The van der Waals surface area contributed by atoms with E-state index < -0.39 is 103 Å². The quantitative estimate of drug-likeness (QED) is 0.0340. The van der Waals surface area contributed by atoms with Crippen LogP contribution in [-0.4, -0.2) is 116 Å². The highest BCUT2D eigenvalue weighted by Crippen LogP contribution is 2.23. The molecule has 0 aromatic heterocycles. The van der Waals surface area contributed by atoms with Crippen LogP contribution in [0.5, 0.6) is 0 Å². The van der Waals surface area contributed by atoms with E-state index in [2.05, 4.69) is 32.9 Å². The summed E-state index contributed by atoms with van der Waals surface area (Å²) in [5.74, 6) is -9.27. The molecule has 0 radical (unpaired) electrons. The van der Waals surface area contributed by atoms with E-state index in [-0.39, 0.29) is 81.6 Å². The Labute approximate surface area is 413 Å². The average molecular weight is 991 g/mol. The molecule has 1 unspecified atom stereocenters. The lowest BCUT2D eigenvalue weighted by Gasteiger charge is -2.28. The zero-order chi connectivity index (χ0) is 52.9. The zero-order valence-corrected chi connectivity index (χ0v) is 42.5. The molecule has 1 aliphatic heterocycles. The van der Waals surface area contributed by atoms with Crippen LogP contribution in [-0.2, 0) is 85.7 Å². The van der Waals surface area contributed by atoms with Crippen molar-refractivity contribution >= 4 is 47.8 Å². The van der Waals surface area contributed by atoms with Gasteiger partial charge in [-0.1, -0.05) is 92.3 Å². The predicted octanol–water partition coefficient (Wildman–Crippen LogP) is 7.50. The van der Waals surface area contributed by atoms with E-state index in [4.69, 9.17) is 47.4 Å². The largest absolute Gasteiger partial charge is 0.459 e. The Morgan fingerprint density at radius 3 is 0.986 bits per heavy atom. The van der Waals surface area contributed by atoms with Crippen molar-refractivity contribution in [1.82, 2.24) is 0 Å². The summed E-state index contributed by atoms with van der Waals surface area (Å²) in [5, 5.41) is 0. The molecular formula is C52H78O18. The van der Waals surface area contributed by atoms with Gasteiger partial charge in [0.15, 0.2) is 36.8 Å². The van der Waals surface area contributed by atoms with Gasteiger partial charge in [0.1, 0.15) is 6.61 Å². The fourth-order valence-corrected chi connectivity index (χ4v) is 6.62. The van der Waals surface area contributed by atoms with Gasteiger partial charge in [0.25, 0.3) is 0 Å². The number of esters is 8. The van der Waals surface area contributed by atoms with Crippen LogP contribution >= 0.6 is 0 Å². The van der Waals surface area contributed by atoms with Crippen molar-refractivity contribution in [3.05, 3.63) is 63.3 Å². The summed E-state index contributed by atoms with van der Waals surface area (Å²) in [7, 11) is 0. The maximum Gasteiger partial charge on any atom is 0.348 e. The first kappa shape index (κ1) is 62.4. The standard InChI is InChI=1S/C52H78O18/c1-14-21-36(63-44-25-19-20-27-61-44)46(54)68-41(29-33(8)9)50(58)65-38(23-16-3)48(56)70-43(31-35(12)13)52(60)66-39(24-17-4)49(57)69-42(30-34(10)11)51(59)64-37(22-15-2)47(55)67-40(28-32(6)7)45(53)62-26-18-5/h14-18,32-44H,1-5,19-31H2,6-13H3/t36-,37-,38-,39-,40-,41-,42-,43-,44?/m0/s1. The summed E-state index contributed by atoms with van der Waals surface area (Å²) in [6.07, 6.45) is -4.59. The molecule has 1 rings (SSSR count). The Kier molecular flexibility index (Phi) is 30.2. The molecule has 0 spiro atoms. The third-order valence-electron chi connectivity index (χ3n) is 9.97. The topological polar surface area (TPSA) is 229 Å². The molecule has 0 bridgehead atoms. The van der Waals surface area contributed by atoms with Crippen LogP contribution in [0.25, 0.3) is 0 Å². The van der Waals surface area contributed by atoms with Gasteiger partial charge in [-0.3, -0.25) is 0 Å². The smallest absolute Gasteiger partial charge is 0.348 e. The molecule has 1 heterocycles. The summed E-state index contributed by atoms with van der Waals surface area (Å²) in [6, 6.07) is 0. The highest BCUT2D eigenvalue weighted by atomic mass is 16.7. The lowest BCUT2D eigenvalue weighted by molar-refractivity contribution is -0.209. The van der Waals surface area contributed by atoms with Gasteiger partial charge in [0.2, 0.25) is 18.3 Å². The molecule has 0 aliphatic carbocycles. The predicted molar refractivity (Wildman–Crippen MR) is 256 cm³/mol. The molecular weight excluding hydrogens is 913 g/mol. The fourth-order valence-electron chi connectivity index (χ4n) is 6.62. The van der Waals surface area contributed by atoms with E-state index in [1.807, 2.05) is 0 Å². The van der Waals surface area contributed by atoms with Gasteiger partial charge in [-0.25, -0.2) is 38.4 Å². The SMILES string of the molecule is C=CCOC(=O)[C@H](CC(C)C)OC(=O)[C@H](CC=C)OC(=O)[C@H](CC(C)C)OC(=O)[C@H](CC=C)OC(=O)[C@H](CC(C)C)OC(=O)[C@H](CC=C)OC(=O)[C@H](CC(C)C)OC(=O)[C@H](CC=C)OC1CCCCO1. The minimum atomic E-state index is -1.71. The van der Waals surface area contributed by atoms with Gasteiger partial charge >= 0.3 is 47.8 Å². The van der Waals surface area contributed by atoms with Gasteiger partial charge in [0.05, 0.1) is 0 Å². The van der Waals surface area contributed by atoms with Crippen molar-refractivity contribution in [1.29, 1.82) is 0 Å². The monoisotopic (exact) mass is 991 g/mol. The lowest BCUT2D eigenvalue weighted by atomic mass is 10.1. The molecule has 18 nitrogen and oxygen atoms in total. The molecule has 1 fully saturated rings. The maximum atomic E-state index is 13.8. The van der Waals surface area contributed by atoms with Gasteiger partial charge in [0, 0.05) is 32.3 Å². The Balaban J connectivity index is 3.30. The average Bonchev–Trinajstić information content (AvgIpc) is 3.28. The highest BCUT2D eigenvalue weighted by Gasteiger charge is 2.39. The van der Waals surface area contributed by atoms with Crippen LogP contribution in [0.2, 0.25) is 0 Å². The van der Waals surface area contributed by atoms with Gasteiger partial charge in [-0.05, 0) is 68.6 Å². The van der Waals surface area contributed by atoms with E-state index in [1.165, 1.54) is 30.4 Å². The number of hydrogen-bond acceptors (Lipinski definition) is 18. The van der Waals surface area contributed by atoms with Gasteiger partial charge in [-0.15, -0.1) is 26.3 Å². The third kappa shape index (κ3) is 24.3. The first-order valence-electron chi connectivity index (χ1n) is 24.0. The van der Waals surface area contributed by atoms with Crippen LogP contribution in [0.15, 0.2) is 63.3 Å². The summed E-state index contributed by atoms with van der Waals surface area (Å²) >= 11 is 0. The van der Waals surface area contributed by atoms with Crippen LogP contribution in [0.3, 0.4) is 0 Å². The first-order valence-corrected chi connectivity index (χ1v) is 24.0. The summed E-state index contributed by atoms with van der Waals surface area (Å²) in [4.78, 5) is 108. The van der Waals surface area contributed by atoms with Crippen LogP contribution in [0.1, 0.15) is 126 Å². The molecule has 70 heavy (non-hydrogen) atoms. The number of ether oxygens (including phenoxy) is 10. The van der Waals surface area contributed by atoms with Crippen molar-refractivity contribution in [2.75, 3.05) is 13.2 Å². The number of carbonyl (C=O) groups excluding carboxylic acids is 8. The summed E-state index contributed by atoms with van der Waals surface area (Å²) in [5.41, 5.74) is 0. The van der Waals surface area contributed by atoms with Crippen LogP contribution in [0, 0.1) is 23.7 Å². The molecule has 0 amide bonds. The molecule has 0 aromatic rings. The minimum Gasteiger partial charge on any atom is -0.459 e. The number of carbonyl (C=O) groups is 8. The Bertz CT molecular complexity index is 1740. The fraction of sp³-hybridized carbons (Fsp3) is 0.654.